The monoisotopic (exact) mass is 650 g/mol. The molecule has 1 atom stereocenters. The average molecular weight is 651 g/mol. The lowest BCUT2D eigenvalue weighted by atomic mass is 10.0. The van der Waals surface area contributed by atoms with Crippen molar-refractivity contribution in [3.05, 3.63) is 96.1 Å². The number of aromatic hydroxyl groups is 2. The Kier molecular flexibility index (Phi) is 10.3. The Balaban J connectivity index is 0.000000212. The van der Waals surface area contributed by atoms with Crippen LogP contribution in [0.5, 0.6) is 23.0 Å². The third kappa shape index (κ3) is 8.57. The Bertz CT molecular complexity index is 1910. The number of likely N-dealkylation sites (N-methyl/N-ethyl adjacent to an activating group) is 1. The van der Waals surface area contributed by atoms with Crippen LogP contribution in [0, 0.1) is 0 Å². The molecule has 3 N–H and O–H groups in total. The standard InChI is InChI=1S/C18H22N4O3.C14H12O6S/c1-22(2,3)11-13(23)12-25-14-8-9-17(18(24)10-14)21-19-15-6-4-5-7-16(15)20-21;1-20-12-8-11(15)10(7-13(12)21(17,18)19)14(16)9-5-3-2-4-6-9/h4-10,13,23H,11-12H2,1-3H3;2-8,15H,1H3,(H,17,18,19). The summed E-state index contributed by atoms with van der Waals surface area (Å²) in [6.45, 7) is 0.742. The lowest BCUT2D eigenvalue weighted by Gasteiger charge is -2.26. The second kappa shape index (κ2) is 14.0. The highest BCUT2D eigenvalue weighted by atomic mass is 32.2. The summed E-state index contributed by atoms with van der Waals surface area (Å²) in [7, 11) is 2.33. The molecule has 4 aromatic carbocycles. The number of methoxy groups -OCH3 is 1. The van der Waals surface area contributed by atoms with Crippen molar-refractivity contribution < 1.29 is 47.0 Å². The summed E-state index contributed by atoms with van der Waals surface area (Å²) in [6.07, 6.45) is -0.583. The van der Waals surface area contributed by atoms with Crippen molar-refractivity contribution in [3.63, 3.8) is 0 Å². The number of carbonyl (C=O) groups excluding carboxylic acids is 1. The number of hydrogen-bond acceptors (Lipinski definition) is 11. The fraction of sp³-hybridized carbons (Fsp3) is 0.219. The number of quaternary nitrogens is 1. The van der Waals surface area contributed by atoms with E-state index in [1.165, 1.54) is 23.0 Å². The van der Waals surface area contributed by atoms with Gasteiger partial charge >= 0.3 is 0 Å². The van der Waals surface area contributed by atoms with E-state index in [1.54, 1.807) is 30.3 Å². The maximum atomic E-state index is 12.2. The number of aliphatic hydroxyl groups is 1. The summed E-state index contributed by atoms with van der Waals surface area (Å²) in [5.74, 6) is -0.877. The van der Waals surface area contributed by atoms with E-state index in [2.05, 4.69) is 10.2 Å². The van der Waals surface area contributed by atoms with E-state index >= 15 is 0 Å². The number of aliphatic hydroxyl groups excluding tert-OH is 1. The molecule has 0 radical (unpaired) electrons. The van der Waals surface area contributed by atoms with Crippen LogP contribution in [0.3, 0.4) is 0 Å². The van der Waals surface area contributed by atoms with Gasteiger partial charge < -0.3 is 33.8 Å². The number of hydrogen-bond donors (Lipinski definition) is 3. The third-order valence-electron chi connectivity index (χ3n) is 6.48. The fourth-order valence-electron chi connectivity index (χ4n) is 4.44. The van der Waals surface area contributed by atoms with E-state index in [9.17, 15) is 33.1 Å². The number of ether oxygens (including phenoxy) is 2. The van der Waals surface area contributed by atoms with Crippen LogP contribution in [-0.2, 0) is 10.1 Å². The van der Waals surface area contributed by atoms with Gasteiger partial charge in [0.1, 0.15) is 69.1 Å². The molecular weight excluding hydrogens is 616 g/mol. The van der Waals surface area contributed by atoms with Crippen molar-refractivity contribution in [1.29, 1.82) is 0 Å². The first-order valence-electron chi connectivity index (χ1n) is 13.9. The van der Waals surface area contributed by atoms with Gasteiger partial charge in [0.15, 0.2) is 5.78 Å². The zero-order valence-corrected chi connectivity index (χ0v) is 26.4. The fourth-order valence-corrected chi connectivity index (χ4v) is 5.09. The molecule has 14 heteroatoms. The Morgan fingerprint density at radius 1 is 0.913 bits per heavy atom. The summed E-state index contributed by atoms with van der Waals surface area (Å²) in [4.78, 5) is 13.0. The first-order chi connectivity index (χ1) is 21.7. The van der Waals surface area contributed by atoms with Crippen LogP contribution in [0.2, 0.25) is 0 Å². The second-order valence-electron chi connectivity index (χ2n) is 11.2. The SMILES string of the molecule is COc1cc(O)c(C(=O)c2ccccc2)cc1S(=O)(=O)[O-].C[N+](C)(C)CC(O)COc1ccc(-n2nc3ccccc3n2)c(O)c1. The molecule has 0 amide bonds. The number of benzene rings is 4. The molecular formula is C32H34N4O9S. The van der Waals surface area contributed by atoms with Gasteiger partial charge in [-0.25, -0.2) is 8.42 Å². The van der Waals surface area contributed by atoms with Crippen LogP contribution in [0.25, 0.3) is 16.7 Å². The van der Waals surface area contributed by atoms with Crippen LogP contribution in [-0.4, -0.2) is 101 Å². The Morgan fingerprint density at radius 3 is 2.07 bits per heavy atom. The molecule has 0 saturated heterocycles. The molecule has 13 nitrogen and oxygen atoms in total. The minimum atomic E-state index is -4.84. The molecule has 0 aliphatic carbocycles. The molecule has 46 heavy (non-hydrogen) atoms. The minimum Gasteiger partial charge on any atom is -0.744 e. The Labute approximate surface area is 265 Å². The van der Waals surface area contributed by atoms with E-state index in [1.807, 2.05) is 45.4 Å². The molecule has 0 fully saturated rings. The molecule has 1 heterocycles. The number of nitrogens with zero attached hydrogens (tertiary/aromatic N) is 4. The zero-order valence-electron chi connectivity index (χ0n) is 25.6. The summed E-state index contributed by atoms with van der Waals surface area (Å²) >= 11 is 0. The second-order valence-corrected chi connectivity index (χ2v) is 12.6. The van der Waals surface area contributed by atoms with Crippen LogP contribution >= 0.6 is 0 Å². The predicted molar refractivity (Wildman–Crippen MR) is 167 cm³/mol. The molecule has 0 saturated carbocycles. The first-order valence-corrected chi connectivity index (χ1v) is 15.3. The van der Waals surface area contributed by atoms with Crippen molar-refractivity contribution in [2.45, 2.75) is 11.0 Å². The van der Waals surface area contributed by atoms with Crippen LogP contribution in [0.15, 0.2) is 89.8 Å². The van der Waals surface area contributed by atoms with Gasteiger partial charge in [-0.3, -0.25) is 4.79 Å². The quantitative estimate of drug-likeness (QED) is 0.115. The van der Waals surface area contributed by atoms with E-state index in [0.29, 0.717) is 22.5 Å². The highest BCUT2D eigenvalue weighted by Crippen LogP contribution is 2.32. The van der Waals surface area contributed by atoms with Gasteiger partial charge in [-0.2, -0.15) is 0 Å². The molecule has 0 spiro atoms. The van der Waals surface area contributed by atoms with Gasteiger partial charge in [-0.15, -0.1) is 15.0 Å². The number of rotatable bonds is 10. The van der Waals surface area contributed by atoms with Crippen molar-refractivity contribution in [2.24, 2.45) is 0 Å². The van der Waals surface area contributed by atoms with Gasteiger partial charge in [0, 0.05) is 17.7 Å². The van der Waals surface area contributed by atoms with Gasteiger partial charge in [-0.05, 0) is 30.3 Å². The highest BCUT2D eigenvalue weighted by Gasteiger charge is 2.20. The summed E-state index contributed by atoms with van der Waals surface area (Å²) in [5, 5.41) is 38.8. The molecule has 242 valence electrons. The molecule has 1 aromatic heterocycles. The number of carbonyl (C=O) groups is 1. The molecule has 5 aromatic rings. The van der Waals surface area contributed by atoms with Crippen molar-refractivity contribution >= 4 is 26.9 Å². The average Bonchev–Trinajstić information content (AvgIpc) is 3.43. The van der Waals surface area contributed by atoms with Crippen LogP contribution in [0.1, 0.15) is 15.9 Å². The van der Waals surface area contributed by atoms with Crippen molar-refractivity contribution in [2.75, 3.05) is 41.4 Å². The molecule has 0 bridgehead atoms. The minimum absolute atomic E-state index is 0.0129. The van der Waals surface area contributed by atoms with Gasteiger partial charge in [0.25, 0.3) is 0 Å². The van der Waals surface area contributed by atoms with Gasteiger partial charge in [-0.1, -0.05) is 42.5 Å². The van der Waals surface area contributed by atoms with Gasteiger partial charge in [0.2, 0.25) is 0 Å². The normalized spacial score (nSPS) is 12.2. The lowest BCUT2D eigenvalue weighted by Crippen LogP contribution is -2.43. The van der Waals surface area contributed by atoms with Crippen molar-refractivity contribution in [3.8, 4) is 28.7 Å². The molecule has 0 aliphatic heterocycles. The topological polar surface area (TPSA) is 184 Å². The van der Waals surface area contributed by atoms with Crippen LogP contribution < -0.4 is 9.47 Å². The van der Waals surface area contributed by atoms with Crippen molar-refractivity contribution in [1.82, 2.24) is 15.0 Å². The van der Waals surface area contributed by atoms with E-state index in [-0.39, 0.29) is 29.2 Å². The highest BCUT2D eigenvalue weighted by molar-refractivity contribution is 7.85. The largest absolute Gasteiger partial charge is 0.744 e. The smallest absolute Gasteiger partial charge is 0.196 e. The Hall–Kier alpha value is -5.02. The summed E-state index contributed by atoms with van der Waals surface area (Å²) in [5.41, 5.74) is 1.95. The molecule has 5 rings (SSSR count). The molecule has 1 unspecified atom stereocenters. The predicted octanol–water partition coefficient (Wildman–Crippen LogP) is 3.11. The van der Waals surface area contributed by atoms with Gasteiger partial charge in [0.05, 0.1) is 38.7 Å². The lowest BCUT2D eigenvalue weighted by molar-refractivity contribution is -0.873. The van der Waals surface area contributed by atoms with E-state index in [0.717, 1.165) is 30.3 Å². The summed E-state index contributed by atoms with van der Waals surface area (Å²) in [6, 6.07) is 22.2. The number of ketones is 1. The third-order valence-corrected chi connectivity index (χ3v) is 7.34. The first kappa shape index (κ1) is 33.9. The Morgan fingerprint density at radius 2 is 1.52 bits per heavy atom. The summed E-state index contributed by atoms with van der Waals surface area (Å²) < 4.78 is 44.6. The van der Waals surface area contributed by atoms with Crippen LogP contribution in [0.4, 0.5) is 0 Å². The number of aromatic nitrogens is 3. The maximum Gasteiger partial charge on any atom is 0.196 e. The number of phenols is 2. The zero-order chi connectivity index (χ0) is 33.6. The number of phenolic OH excluding ortho intramolecular Hbond substituents is 2. The number of fused-ring (bicyclic) bond motifs is 1. The van der Waals surface area contributed by atoms with E-state index < -0.39 is 32.7 Å². The maximum absolute atomic E-state index is 12.2. The molecule has 0 aliphatic rings. The van der Waals surface area contributed by atoms with E-state index in [4.69, 9.17) is 9.47 Å².